The number of pyridine rings is 1. The fraction of sp³-hybridized carbons (Fsp3) is 0.182. The zero-order valence-corrected chi connectivity index (χ0v) is 18.8. The third kappa shape index (κ3) is 5.59. The predicted molar refractivity (Wildman–Crippen MR) is 123 cm³/mol. The van der Waals surface area contributed by atoms with Crippen LogP contribution < -0.4 is 5.32 Å². The molecule has 0 atom stereocenters. The number of anilines is 1. The number of nitrogens with one attached hydrogen (secondary N) is 1. The Kier molecular flexibility index (Phi) is 6.93. The van der Waals surface area contributed by atoms with Gasteiger partial charge in [0.05, 0.1) is 17.8 Å². The van der Waals surface area contributed by atoms with E-state index >= 15 is 0 Å². The average molecular weight is 466 g/mol. The normalized spacial score (nSPS) is 10.7. The summed E-state index contributed by atoms with van der Waals surface area (Å²) in [6.45, 7) is 2.02. The maximum absolute atomic E-state index is 12.4. The van der Waals surface area contributed by atoms with Gasteiger partial charge in [-0.2, -0.15) is 0 Å². The van der Waals surface area contributed by atoms with Crippen molar-refractivity contribution in [2.24, 2.45) is 0 Å². The summed E-state index contributed by atoms with van der Waals surface area (Å²) < 4.78 is 5.27. The Balaban J connectivity index is 1.27. The SMILES string of the molecule is CCc1ccc(NC(=O)c2nnc(COC(=O)Cc3csc(-c4ccccn4)n3)s2)cc1. The molecular formula is C22H19N5O3S2. The third-order valence-electron chi connectivity index (χ3n) is 4.40. The first kappa shape index (κ1) is 21.7. The largest absolute Gasteiger partial charge is 0.458 e. The van der Waals surface area contributed by atoms with Gasteiger partial charge in [-0.1, -0.05) is 36.5 Å². The lowest BCUT2D eigenvalue weighted by Gasteiger charge is -2.03. The zero-order chi connectivity index (χ0) is 22.3. The molecule has 1 amide bonds. The molecule has 3 heterocycles. The number of esters is 1. The predicted octanol–water partition coefficient (Wildman–Crippen LogP) is 4.16. The van der Waals surface area contributed by atoms with Gasteiger partial charge < -0.3 is 10.1 Å². The number of benzene rings is 1. The molecule has 4 rings (SSSR count). The van der Waals surface area contributed by atoms with Crippen LogP contribution in [0.5, 0.6) is 0 Å². The third-order valence-corrected chi connectivity index (χ3v) is 6.21. The van der Waals surface area contributed by atoms with E-state index in [1.165, 1.54) is 16.9 Å². The Labute approximate surface area is 192 Å². The fourth-order valence-corrected chi connectivity index (χ4v) is 4.19. The summed E-state index contributed by atoms with van der Waals surface area (Å²) in [5.74, 6) is -0.783. The minimum absolute atomic E-state index is 0.0449. The van der Waals surface area contributed by atoms with Crippen molar-refractivity contribution in [3.8, 4) is 10.7 Å². The molecule has 4 aromatic rings. The summed E-state index contributed by atoms with van der Waals surface area (Å²) in [7, 11) is 0. The number of carbonyl (C=O) groups is 2. The molecule has 0 aliphatic heterocycles. The summed E-state index contributed by atoms with van der Waals surface area (Å²) in [6, 6.07) is 13.2. The first-order valence-corrected chi connectivity index (χ1v) is 11.5. The Morgan fingerprint density at radius 2 is 1.94 bits per heavy atom. The highest BCUT2D eigenvalue weighted by Crippen LogP contribution is 2.22. The van der Waals surface area contributed by atoms with Gasteiger partial charge in [-0.15, -0.1) is 21.5 Å². The van der Waals surface area contributed by atoms with Crippen LogP contribution in [-0.4, -0.2) is 32.0 Å². The second-order valence-electron chi connectivity index (χ2n) is 6.70. The molecule has 1 aromatic carbocycles. The number of nitrogens with zero attached hydrogens (tertiary/aromatic N) is 4. The van der Waals surface area contributed by atoms with E-state index in [0.717, 1.165) is 28.5 Å². The quantitative estimate of drug-likeness (QED) is 0.389. The standard InChI is InChI=1S/C22H19N5O3S2/c1-2-14-6-8-15(9-7-14)24-20(29)22-27-26-18(32-22)12-30-19(28)11-16-13-31-21(25-16)17-5-3-4-10-23-17/h3-10,13H,2,11-12H2,1H3,(H,24,29). The van der Waals surface area contributed by atoms with E-state index in [2.05, 4.69) is 32.4 Å². The summed E-state index contributed by atoms with van der Waals surface area (Å²) in [5, 5.41) is 13.8. The van der Waals surface area contributed by atoms with Crippen molar-refractivity contribution in [2.45, 2.75) is 26.4 Å². The van der Waals surface area contributed by atoms with Crippen LogP contribution in [0.2, 0.25) is 0 Å². The molecule has 162 valence electrons. The number of rotatable bonds is 8. The molecule has 0 aliphatic carbocycles. The van der Waals surface area contributed by atoms with Crippen molar-refractivity contribution in [3.05, 3.63) is 75.3 Å². The van der Waals surface area contributed by atoms with Gasteiger partial charge in [0.15, 0.2) is 5.01 Å². The van der Waals surface area contributed by atoms with Gasteiger partial charge in [-0.05, 0) is 36.2 Å². The van der Waals surface area contributed by atoms with Gasteiger partial charge in [-0.3, -0.25) is 14.6 Å². The highest BCUT2D eigenvalue weighted by molar-refractivity contribution is 7.13. The van der Waals surface area contributed by atoms with E-state index < -0.39 is 5.97 Å². The lowest BCUT2D eigenvalue weighted by atomic mass is 10.1. The van der Waals surface area contributed by atoms with Crippen molar-refractivity contribution in [2.75, 3.05) is 5.32 Å². The van der Waals surface area contributed by atoms with Crippen LogP contribution in [0.4, 0.5) is 5.69 Å². The van der Waals surface area contributed by atoms with Crippen molar-refractivity contribution in [1.82, 2.24) is 20.2 Å². The first-order chi connectivity index (χ1) is 15.6. The Hall–Kier alpha value is -3.50. The van der Waals surface area contributed by atoms with Gasteiger partial charge in [0.1, 0.15) is 11.6 Å². The molecule has 10 heteroatoms. The minimum Gasteiger partial charge on any atom is -0.458 e. The van der Waals surface area contributed by atoms with Gasteiger partial charge in [-0.25, -0.2) is 4.98 Å². The molecule has 0 bridgehead atoms. The molecule has 1 N–H and O–H groups in total. The van der Waals surface area contributed by atoms with E-state index in [9.17, 15) is 9.59 Å². The molecule has 8 nitrogen and oxygen atoms in total. The van der Waals surface area contributed by atoms with Gasteiger partial charge in [0.2, 0.25) is 5.01 Å². The average Bonchev–Trinajstić information content (AvgIpc) is 3.49. The highest BCUT2D eigenvalue weighted by atomic mass is 32.1. The Bertz CT molecular complexity index is 1210. The molecule has 0 fully saturated rings. The van der Waals surface area contributed by atoms with Crippen LogP contribution in [0.15, 0.2) is 54.0 Å². The highest BCUT2D eigenvalue weighted by Gasteiger charge is 2.15. The minimum atomic E-state index is -0.430. The lowest BCUT2D eigenvalue weighted by Crippen LogP contribution is -2.11. The summed E-state index contributed by atoms with van der Waals surface area (Å²) >= 11 is 2.51. The number of carbonyl (C=O) groups excluding carboxylic acids is 2. The summed E-state index contributed by atoms with van der Waals surface area (Å²) in [4.78, 5) is 33.2. The monoisotopic (exact) mass is 465 g/mol. The molecule has 0 saturated carbocycles. The van der Waals surface area contributed by atoms with E-state index in [0.29, 0.717) is 16.4 Å². The molecule has 0 saturated heterocycles. The van der Waals surface area contributed by atoms with Gasteiger partial charge >= 0.3 is 5.97 Å². The molecule has 3 aromatic heterocycles. The maximum atomic E-state index is 12.4. The number of aromatic nitrogens is 4. The molecule has 0 radical (unpaired) electrons. The Morgan fingerprint density at radius 3 is 2.69 bits per heavy atom. The number of ether oxygens (including phenoxy) is 1. The number of aryl methyl sites for hydroxylation is 1. The number of hydrogen-bond donors (Lipinski definition) is 1. The molecular weight excluding hydrogens is 446 g/mol. The van der Waals surface area contributed by atoms with Crippen LogP contribution in [-0.2, 0) is 29.0 Å². The van der Waals surface area contributed by atoms with Crippen molar-refractivity contribution < 1.29 is 14.3 Å². The molecule has 0 aliphatic rings. The molecule has 0 spiro atoms. The topological polar surface area (TPSA) is 107 Å². The second-order valence-corrected chi connectivity index (χ2v) is 8.62. The molecule has 32 heavy (non-hydrogen) atoms. The lowest BCUT2D eigenvalue weighted by molar-refractivity contribution is -0.144. The second kappa shape index (κ2) is 10.2. The summed E-state index contributed by atoms with van der Waals surface area (Å²) in [6.07, 6.45) is 2.67. The first-order valence-electron chi connectivity index (χ1n) is 9.85. The van der Waals surface area contributed by atoms with Crippen LogP contribution >= 0.6 is 22.7 Å². The van der Waals surface area contributed by atoms with Crippen LogP contribution in [0.3, 0.4) is 0 Å². The van der Waals surface area contributed by atoms with Crippen LogP contribution in [0, 0.1) is 0 Å². The molecule has 0 unspecified atom stereocenters. The van der Waals surface area contributed by atoms with Crippen molar-refractivity contribution >= 4 is 40.2 Å². The smallest absolute Gasteiger partial charge is 0.312 e. The van der Waals surface area contributed by atoms with Crippen molar-refractivity contribution in [1.29, 1.82) is 0 Å². The van der Waals surface area contributed by atoms with E-state index in [1.807, 2.05) is 47.8 Å². The van der Waals surface area contributed by atoms with Crippen LogP contribution in [0.25, 0.3) is 10.7 Å². The maximum Gasteiger partial charge on any atom is 0.312 e. The number of amides is 1. The van der Waals surface area contributed by atoms with E-state index in [1.54, 1.807) is 6.20 Å². The number of hydrogen-bond acceptors (Lipinski definition) is 9. The zero-order valence-electron chi connectivity index (χ0n) is 17.1. The van der Waals surface area contributed by atoms with Crippen LogP contribution in [0.1, 0.15) is 33.0 Å². The fourth-order valence-electron chi connectivity index (χ4n) is 2.75. The van der Waals surface area contributed by atoms with E-state index in [4.69, 9.17) is 4.74 Å². The number of thiazole rings is 1. The van der Waals surface area contributed by atoms with Gasteiger partial charge in [0, 0.05) is 17.3 Å². The van der Waals surface area contributed by atoms with Crippen molar-refractivity contribution in [3.63, 3.8) is 0 Å². The van der Waals surface area contributed by atoms with Gasteiger partial charge in [0.25, 0.3) is 5.91 Å². The summed E-state index contributed by atoms with van der Waals surface area (Å²) in [5.41, 5.74) is 3.25. The Morgan fingerprint density at radius 1 is 1.09 bits per heavy atom. The van der Waals surface area contributed by atoms with E-state index in [-0.39, 0.29) is 23.9 Å².